The zero-order valence-electron chi connectivity index (χ0n) is 11.8. The average Bonchev–Trinajstić information content (AvgIpc) is 2.38. The molecule has 1 aromatic carbocycles. The first-order valence-electron chi connectivity index (χ1n) is 6.61. The number of aliphatic carboxylic acids is 1. The van der Waals surface area contributed by atoms with E-state index in [4.69, 9.17) is 5.11 Å². The molecule has 20 heavy (non-hydrogen) atoms. The fourth-order valence-corrected chi connectivity index (χ4v) is 1.98. The number of rotatable bonds is 8. The molecular formula is C14H20N2O4. The Morgan fingerprint density at radius 2 is 2.15 bits per heavy atom. The molecule has 1 rings (SSSR count). The molecule has 0 saturated heterocycles. The van der Waals surface area contributed by atoms with E-state index in [1.807, 2.05) is 13.0 Å². The molecule has 110 valence electrons. The van der Waals surface area contributed by atoms with E-state index in [9.17, 15) is 14.9 Å². The number of hydrogen-bond donors (Lipinski definition) is 2. The minimum atomic E-state index is -0.778. The lowest BCUT2D eigenvalue weighted by Crippen LogP contribution is -2.09. The van der Waals surface area contributed by atoms with Crippen LogP contribution in [0, 0.1) is 23.0 Å². The SMILES string of the molecule is Cc1c(NCCC(C)CCC(=O)O)cccc1[N+](=O)[O-]. The number of benzene rings is 1. The molecule has 0 aliphatic heterocycles. The molecule has 2 N–H and O–H groups in total. The van der Waals surface area contributed by atoms with Gasteiger partial charge in [0.2, 0.25) is 0 Å². The molecular weight excluding hydrogens is 260 g/mol. The van der Waals surface area contributed by atoms with E-state index in [2.05, 4.69) is 5.32 Å². The molecule has 0 spiro atoms. The van der Waals surface area contributed by atoms with Crippen molar-refractivity contribution in [3.8, 4) is 0 Å². The van der Waals surface area contributed by atoms with Crippen LogP contribution < -0.4 is 5.32 Å². The van der Waals surface area contributed by atoms with Gasteiger partial charge in [0.05, 0.1) is 4.92 Å². The Labute approximate surface area is 118 Å². The van der Waals surface area contributed by atoms with Crippen molar-refractivity contribution in [3.63, 3.8) is 0 Å². The van der Waals surface area contributed by atoms with E-state index >= 15 is 0 Å². The summed E-state index contributed by atoms with van der Waals surface area (Å²) in [7, 11) is 0. The van der Waals surface area contributed by atoms with Crippen molar-refractivity contribution in [1.29, 1.82) is 0 Å². The highest BCUT2D eigenvalue weighted by Crippen LogP contribution is 2.25. The molecule has 1 atom stereocenters. The van der Waals surface area contributed by atoms with Gasteiger partial charge < -0.3 is 10.4 Å². The normalized spacial score (nSPS) is 11.9. The van der Waals surface area contributed by atoms with Crippen LogP contribution in [0.15, 0.2) is 18.2 Å². The van der Waals surface area contributed by atoms with E-state index < -0.39 is 10.9 Å². The van der Waals surface area contributed by atoms with Gasteiger partial charge in [0, 0.05) is 30.3 Å². The van der Waals surface area contributed by atoms with Crippen molar-refractivity contribution >= 4 is 17.3 Å². The summed E-state index contributed by atoms with van der Waals surface area (Å²) >= 11 is 0. The van der Waals surface area contributed by atoms with Crippen LogP contribution in [0.2, 0.25) is 0 Å². The summed E-state index contributed by atoms with van der Waals surface area (Å²) in [5.74, 6) is -0.475. The standard InChI is InChI=1S/C14H20N2O4/c1-10(6-7-14(17)18)8-9-15-12-4-3-5-13(11(12)2)16(19)20/h3-5,10,15H,6-9H2,1-2H3,(H,17,18). The van der Waals surface area contributed by atoms with Gasteiger partial charge in [-0.05, 0) is 31.7 Å². The Hall–Kier alpha value is -2.11. The first-order valence-corrected chi connectivity index (χ1v) is 6.61. The topological polar surface area (TPSA) is 92.5 Å². The summed E-state index contributed by atoms with van der Waals surface area (Å²) < 4.78 is 0. The molecule has 1 aromatic rings. The summed E-state index contributed by atoms with van der Waals surface area (Å²) in [6, 6.07) is 4.95. The lowest BCUT2D eigenvalue weighted by molar-refractivity contribution is -0.385. The van der Waals surface area contributed by atoms with Crippen molar-refractivity contribution in [2.75, 3.05) is 11.9 Å². The van der Waals surface area contributed by atoms with Gasteiger partial charge in [-0.25, -0.2) is 0 Å². The van der Waals surface area contributed by atoms with Gasteiger partial charge >= 0.3 is 5.97 Å². The van der Waals surface area contributed by atoms with E-state index in [1.165, 1.54) is 6.07 Å². The molecule has 0 aromatic heterocycles. The molecule has 0 aliphatic carbocycles. The number of hydrogen-bond acceptors (Lipinski definition) is 4. The molecule has 0 fully saturated rings. The first-order chi connectivity index (χ1) is 9.41. The average molecular weight is 280 g/mol. The highest BCUT2D eigenvalue weighted by atomic mass is 16.6. The monoisotopic (exact) mass is 280 g/mol. The second kappa shape index (κ2) is 7.47. The summed E-state index contributed by atoms with van der Waals surface area (Å²) in [5.41, 5.74) is 1.48. The minimum Gasteiger partial charge on any atom is -0.481 e. The quantitative estimate of drug-likeness (QED) is 0.563. The van der Waals surface area contributed by atoms with Gasteiger partial charge in [-0.1, -0.05) is 13.0 Å². The number of carbonyl (C=O) groups is 1. The van der Waals surface area contributed by atoms with Crippen LogP contribution in [0.4, 0.5) is 11.4 Å². The maximum atomic E-state index is 10.8. The maximum Gasteiger partial charge on any atom is 0.303 e. The van der Waals surface area contributed by atoms with Crippen molar-refractivity contribution in [2.24, 2.45) is 5.92 Å². The fraction of sp³-hybridized carbons (Fsp3) is 0.500. The zero-order valence-corrected chi connectivity index (χ0v) is 11.8. The Bertz CT molecular complexity index is 488. The van der Waals surface area contributed by atoms with Crippen molar-refractivity contribution in [3.05, 3.63) is 33.9 Å². The summed E-state index contributed by atoms with van der Waals surface area (Å²) in [4.78, 5) is 20.9. The molecule has 0 amide bonds. The molecule has 6 heteroatoms. The van der Waals surface area contributed by atoms with Crippen molar-refractivity contribution in [2.45, 2.75) is 33.1 Å². The van der Waals surface area contributed by atoms with Gasteiger partial charge in [0.15, 0.2) is 0 Å². The van der Waals surface area contributed by atoms with Crippen molar-refractivity contribution in [1.82, 2.24) is 0 Å². The highest BCUT2D eigenvalue weighted by Gasteiger charge is 2.13. The van der Waals surface area contributed by atoms with Crippen LogP contribution in [0.3, 0.4) is 0 Å². The van der Waals surface area contributed by atoms with Crippen LogP contribution >= 0.6 is 0 Å². The van der Waals surface area contributed by atoms with E-state index in [1.54, 1.807) is 13.0 Å². The summed E-state index contributed by atoms with van der Waals surface area (Å²) in [6.07, 6.45) is 1.65. The number of nitrogens with one attached hydrogen (secondary N) is 1. The van der Waals surface area contributed by atoms with Crippen LogP contribution in [0.1, 0.15) is 31.7 Å². The number of carboxylic acid groups (broad SMARTS) is 1. The largest absolute Gasteiger partial charge is 0.481 e. The number of nitro benzene ring substituents is 1. The minimum absolute atomic E-state index is 0.105. The van der Waals surface area contributed by atoms with Gasteiger partial charge in [-0.2, -0.15) is 0 Å². The maximum absolute atomic E-state index is 10.8. The van der Waals surface area contributed by atoms with Crippen LogP contribution in [-0.4, -0.2) is 22.5 Å². The number of nitro groups is 1. The highest BCUT2D eigenvalue weighted by molar-refractivity contribution is 5.66. The number of carboxylic acids is 1. The predicted octanol–water partition coefficient (Wildman–Crippen LogP) is 3.21. The summed E-state index contributed by atoms with van der Waals surface area (Å²) in [5, 5.41) is 22.6. The third-order valence-corrected chi connectivity index (χ3v) is 3.31. The van der Waals surface area contributed by atoms with E-state index in [0.29, 0.717) is 24.4 Å². The Morgan fingerprint density at radius 1 is 1.45 bits per heavy atom. The molecule has 0 aliphatic rings. The molecule has 0 bridgehead atoms. The van der Waals surface area contributed by atoms with Crippen LogP contribution in [-0.2, 0) is 4.79 Å². The first kappa shape index (κ1) is 15.9. The third-order valence-electron chi connectivity index (χ3n) is 3.31. The van der Waals surface area contributed by atoms with Gasteiger partial charge in [-0.15, -0.1) is 0 Å². The molecule has 1 unspecified atom stereocenters. The molecule has 0 radical (unpaired) electrons. The van der Waals surface area contributed by atoms with Gasteiger partial charge in [0.1, 0.15) is 0 Å². The lowest BCUT2D eigenvalue weighted by atomic mass is 10.0. The second-order valence-corrected chi connectivity index (χ2v) is 4.96. The number of anilines is 1. The van der Waals surface area contributed by atoms with E-state index in [0.717, 1.165) is 12.1 Å². The van der Waals surface area contributed by atoms with Gasteiger partial charge in [0.25, 0.3) is 5.69 Å². The molecule has 6 nitrogen and oxygen atoms in total. The van der Waals surface area contributed by atoms with Crippen LogP contribution in [0.5, 0.6) is 0 Å². The van der Waals surface area contributed by atoms with Gasteiger partial charge in [-0.3, -0.25) is 14.9 Å². The Morgan fingerprint density at radius 3 is 2.75 bits per heavy atom. The van der Waals surface area contributed by atoms with Crippen LogP contribution in [0.25, 0.3) is 0 Å². The molecule has 0 heterocycles. The lowest BCUT2D eigenvalue weighted by Gasteiger charge is -2.13. The molecule has 0 saturated carbocycles. The zero-order chi connectivity index (χ0) is 15.1. The predicted molar refractivity (Wildman–Crippen MR) is 77.0 cm³/mol. The number of nitrogens with zero attached hydrogens (tertiary/aromatic N) is 1. The second-order valence-electron chi connectivity index (χ2n) is 4.96. The smallest absolute Gasteiger partial charge is 0.303 e. The Kier molecular flexibility index (Phi) is 5.96. The summed E-state index contributed by atoms with van der Waals surface area (Å²) in [6.45, 7) is 4.39. The Balaban J connectivity index is 2.48. The van der Waals surface area contributed by atoms with Crippen molar-refractivity contribution < 1.29 is 14.8 Å². The fourth-order valence-electron chi connectivity index (χ4n) is 1.98. The van der Waals surface area contributed by atoms with E-state index in [-0.39, 0.29) is 12.1 Å². The third kappa shape index (κ3) is 4.87.